The molecule has 0 bridgehead atoms. The number of morpholine rings is 1. The van der Waals surface area contributed by atoms with Gasteiger partial charge in [0.05, 0.1) is 13.1 Å². The largest absolute Gasteiger partial charge is 0.492 e. The summed E-state index contributed by atoms with van der Waals surface area (Å²) in [5.74, 6) is 0.781. The Bertz CT molecular complexity index is 1400. The van der Waals surface area contributed by atoms with Crippen LogP contribution in [0, 0.1) is 13.8 Å². The van der Waals surface area contributed by atoms with Crippen molar-refractivity contribution in [3.05, 3.63) is 107 Å². The summed E-state index contributed by atoms with van der Waals surface area (Å²) in [5, 5.41) is 1.75. The van der Waals surface area contributed by atoms with Crippen molar-refractivity contribution in [2.75, 3.05) is 18.0 Å². The molecule has 1 aromatic heterocycles. The van der Waals surface area contributed by atoms with E-state index in [0.717, 1.165) is 51.1 Å². The van der Waals surface area contributed by atoms with Crippen LogP contribution in [-0.4, -0.2) is 23.8 Å². The predicted octanol–water partition coefficient (Wildman–Crippen LogP) is 6.01. The summed E-state index contributed by atoms with van der Waals surface area (Å²) < 4.78 is 7.42. The first-order valence-corrected chi connectivity index (χ1v) is 11.3. The minimum Gasteiger partial charge on any atom is -0.492 e. The first-order chi connectivity index (χ1) is 15.9. The Hall–Kier alpha value is -3.79. The number of hydrogen-bond donors (Lipinski definition) is 0. The van der Waals surface area contributed by atoms with Gasteiger partial charge in [0.25, 0.3) is 5.56 Å². The van der Waals surface area contributed by atoms with Crippen molar-refractivity contribution in [2.45, 2.75) is 26.9 Å². The van der Waals surface area contributed by atoms with Gasteiger partial charge in [0.1, 0.15) is 11.9 Å². The van der Waals surface area contributed by atoms with Crippen LogP contribution in [0.4, 0.5) is 5.69 Å². The van der Waals surface area contributed by atoms with Crippen LogP contribution in [0.15, 0.2) is 90.1 Å². The standard InChI is InChI=1S/C29H28N2O2/c1-19-8-10-23(11-9-19)26-6-5-7-27-28(26)20(2)16-31(29(27)32)25-14-12-24(13-15-25)30-17-21(3)33-22(4)18-30/h5-16,22H,3,17-18H2,1-2,4H3/t22-/m0/s1. The highest BCUT2D eigenvalue weighted by molar-refractivity contribution is 5.98. The van der Waals surface area contributed by atoms with Gasteiger partial charge in [-0.2, -0.15) is 0 Å². The van der Waals surface area contributed by atoms with Crippen LogP contribution in [-0.2, 0) is 4.74 Å². The second-order valence-electron chi connectivity index (χ2n) is 8.95. The molecule has 166 valence electrons. The van der Waals surface area contributed by atoms with Crippen molar-refractivity contribution in [3.8, 4) is 16.8 Å². The molecule has 1 saturated heterocycles. The molecule has 33 heavy (non-hydrogen) atoms. The Kier molecular flexibility index (Phi) is 5.29. The maximum Gasteiger partial charge on any atom is 0.262 e. The molecule has 4 aromatic rings. The normalized spacial score (nSPS) is 16.2. The van der Waals surface area contributed by atoms with Crippen LogP contribution < -0.4 is 10.5 Å². The minimum atomic E-state index is -0.00863. The van der Waals surface area contributed by atoms with Crippen LogP contribution in [0.25, 0.3) is 27.6 Å². The summed E-state index contributed by atoms with van der Waals surface area (Å²) in [4.78, 5) is 15.8. The van der Waals surface area contributed by atoms with Crippen LogP contribution in [0.2, 0.25) is 0 Å². The number of pyridine rings is 1. The molecule has 2 heterocycles. The molecule has 5 rings (SSSR count). The average Bonchev–Trinajstić information content (AvgIpc) is 2.81. The van der Waals surface area contributed by atoms with E-state index in [1.807, 2.05) is 37.4 Å². The summed E-state index contributed by atoms with van der Waals surface area (Å²) >= 11 is 0. The molecule has 1 aliphatic heterocycles. The zero-order chi connectivity index (χ0) is 23.1. The third-order valence-corrected chi connectivity index (χ3v) is 6.30. The molecule has 0 aliphatic carbocycles. The lowest BCUT2D eigenvalue weighted by Gasteiger charge is -2.34. The van der Waals surface area contributed by atoms with E-state index in [1.165, 1.54) is 5.56 Å². The first kappa shape index (κ1) is 21.1. The van der Waals surface area contributed by atoms with Crippen molar-refractivity contribution < 1.29 is 4.74 Å². The molecule has 0 amide bonds. The fourth-order valence-electron chi connectivity index (χ4n) is 4.74. The number of aryl methyl sites for hydroxylation is 2. The van der Waals surface area contributed by atoms with E-state index >= 15 is 0 Å². The molecule has 4 heteroatoms. The van der Waals surface area contributed by atoms with Gasteiger partial charge in [-0.05, 0) is 73.2 Å². The minimum absolute atomic E-state index is 0.00863. The van der Waals surface area contributed by atoms with Gasteiger partial charge in [-0.3, -0.25) is 9.36 Å². The summed E-state index contributed by atoms with van der Waals surface area (Å²) in [6.07, 6.45) is 2.06. The highest BCUT2D eigenvalue weighted by atomic mass is 16.5. The monoisotopic (exact) mass is 436 g/mol. The fourth-order valence-corrected chi connectivity index (χ4v) is 4.74. The fraction of sp³-hybridized carbons (Fsp3) is 0.207. The molecule has 0 unspecified atom stereocenters. The van der Waals surface area contributed by atoms with Gasteiger partial charge in [-0.1, -0.05) is 48.5 Å². The lowest BCUT2D eigenvalue weighted by atomic mass is 9.96. The Morgan fingerprint density at radius 3 is 2.33 bits per heavy atom. The van der Waals surface area contributed by atoms with E-state index in [0.29, 0.717) is 6.54 Å². The number of aromatic nitrogens is 1. The zero-order valence-electron chi connectivity index (χ0n) is 19.3. The van der Waals surface area contributed by atoms with Crippen molar-refractivity contribution in [3.63, 3.8) is 0 Å². The van der Waals surface area contributed by atoms with Crippen LogP contribution in [0.3, 0.4) is 0 Å². The summed E-state index contributed by atoms with van der Waals surface area (Å²) in [7, 11) is 0. The third-order valence-electron chi connectivity index (χ3n) is 6.30. The van der Waals surface area contributed by atoms with E-state index in [-0.39, 0.29) is 11.7 Å². The lowest BCUT2D eigenvalue weighted by Crippen LogP contribution is -2.39. The van der Waals surface area contributed by atoms with Gasteiger partial charge in [0.15, 0.2) is 0 Å². The number of ether oxygens (including phenoxy) is 1. The highest BCUT2D eigenvalue weighted by Crippen LogP contribution is 2.30. The Morgan fingerprint density at radius 2 is 1.64 bits per heavy atom. The number of fused-ring (bicyclic) bond motifs is 1. The van der Waals surface area contributed by atoms with Gasteiger partial charge >= 0.3 is 0 Å². The van der Waals surface area contributed by atoms with Gasteiger partial charge in [-0.25, -0.2) is 0 Å². The van der Waals surface area contributed by atoms with Crippen molar-refractivity contribution in [1.29, 1.82) is 0 Å². The summed E-state index contributed by atoms with van der Waals surface area (Å²) in [6.45, 7) is 11.7. The second-order valence-corrected chi connectivity index (χ2v) is 8.95. The Labute approximate surface area is 194 Å². The molecule has 0 spiro atoms. The number of benzene rings is 3. The molecular formula is C29H28N2O2. The van der Waals surface area contributed by atoms with Crippen LogP contribution in [0.5, 0.6) is 0 Å². The molecule has 1 atom stereocenters. The van der Waals surface area contributed by atoms with Crippen molar-refractivity contribution in [2.24, 2.45) is 0 Å². The molecule has 0 radical (unpaired) electrons. The average molecular weight is 437 g/mol. The third kappa shape index (κ3) is 3.93. The topological polar surface area (TPSA) is 34.5 Å². The number of nitrogens with zero attached hydrogens (tertiary/aromatic N) is 2. The van der Waals surface area contributed by atoms with Crippen LogP contribution in [0.1, 0.15) is 18.1 Å². The van der Waals surface area contributed by atoms with E-state index in [2.05, 4.69) is 67.8 Å². The van der Waals surface area contributed by atoms with Gasteiger partial charge in [-0.15, -0.1) is 0 Å². The maximum atomic E-state index is 13.5. The number of hydrogen-bond acceptors (Lipinski definition) is 3. The summed E-state index contributed by atoms with van der Waals surface area (Å²) in [6, 6.07) is 22.6. The van der Waals surface area contributed by atoms with Crippen molar-refractivity contribution in [1.82, 2.24) is 4.57 Å². The summed E-state index contributed by atoms with van der Waals surface area (Å²) in [5.41, 5.74) is 6.45. The molecule has 0 saturated carbocycles. The number of anilines is 1. The SMILES string of the molecule is C=C1CN(c2ccc(-n3cc(C)c4c(-c5ccc(C)cc5)cccc4c3=O)cc2)C[C@H](C)O1. The zero-order valence-corrected chi connectivity index (χ0v) is 19.3. The molecule has 1 fully saturated rings. The first-order valence-electron chi connectivity index (χ1n) is 11.3. The molecule has 4 nitrogen and oxygen atoms in total. The lowest BCUT2D eigenvalue weighted by molar-refractivity contribution is 0.114. The smallest absolute Gasteiger partial charge is 0.262 e. The van der Waals surface area contributed by atoms with Gasteiger partial charge in [0.2, 0.25) is 0 Å². The highest BCUT2D eigenvalue weighted by Gasteiger charge is 2.20. The van der Waals surface area contributed by atoms with E-state index < -0.39 is 0 Å². The molecule has 3 aromatic carbocycles. The quantitative estimate of drug-likeness (QED) is 0.394. The Morgan fingerprint density at radius 1 is 0.939 bits per heavy atom. The molecular weight excluding hydrogens is 408 g/mol. The van der Waals surface area contributed by atoms with Gasteiger partial charge < -0.3 is 9.64 Å². The van der Waals surface area contributed by atoms with Gasteiger partial charge in [0, 0.05) is 23.0 Å². The number of rotatable bonds is 3. The van der Waals surface area contributed by atoms with Crippen molar-refractivity contribution >= 4 is 16.5 Å². The maximum absolute atomic E-state index is 13.5. The van der Waals surface area contributed by atoms with E-state index in [4.69, 9.17) is 4.74 Å². The van der Waals surface area contributed by atoms with Crippen LogP contribution >= 0.6 is 0 Å². The predicted molar refractivity (Wildman–Crippen MR) is 136 cm³/mol. The second kappa shape index (κ2) is 8.28. The van der Waals surface area contributed by atoms with E-state index in [9.17, 15) is 4.79 Å². The molecule has 1 aliphatic rings. The molecule has 0 N–H and O–H groups in total. The Balaban J connectivity index is 1.56. The van der Waals surface area contributed by atoms with E-state index in [1.54, 1.807) is 4.57 Å².